The smallest absolute Gasteiger partial charge is 0.341 e. The van der Waals surface area contributed by atoms with E-state index in [-0.39, 0.29) is 22.9 Å². The van der Waals surface area contributed by atoms with Crippen LogP contribution in [0.5, 0.6) is 0 Å². The molecule has 2 N–H and O–H groups in total. The summed E-state index contributed by atoms with van der Waals surface area (Å²) in [5.41, 5.74) is 1.29. The highest BCUT2D eigenvalue weighted by atomic mass is 16.5. The van der Waals surface area contributed by atoms with Crippen molar-refractivity contribution in [2.75, 3.05) is 0 Å². The second-order valence-electron chi connectivity index (χ2n) is 5.64. The average molecular weight is 339 g/mol. The Labute approximate surface area is 143 Å². The molecule has 0 fully saturated rings. The molecule has 128 valence electrons. The van der Waals surface area contributed by atoms with Gasteiger partial charge in [0.05, 0.1) is 6.04 Å². The van der Waals surface area contributed by atoms with Crippen molar-refractivity contribution >= 4 is 11.9 Å². The first-order chi connectivity index (χ1) is 12.0. The molecule has 1 aromatic carbocycles. The van der Waals surface area contributed by atoms with Gasteiger partial charge >= 0.3 is 5.97 Å². The van der Waals surface area contributed by atoms with Gasteiger partial charge in [0.25, 0.3) is 5.91 Å². The molecule has 2 heterocycles. The predicted molar refractivity (Wildman–Crippen MR) is 90.2 cm³/mol. The Bertz CT molecular complexity index is 912. The van der Waals surface area contributed by atoms with Gasteiger partial charge in [0, 0.05) is 18.8 Å². The first kappa shape index (κ1) is 16.5. The lowest BCUT2D eigenvalue weighted by molar-refractivity contribution is 0.0692. The number of benzene rings is 1. The zero-order valence-corrected chi connectivity index (χ0v) is 13.8. The van der Waals surface area contributed by atoms with Crippen molar-refractivity contribution in [3.63, 3.8) is 0 Å². The van der Waals surface area contributed by atoms with Crippen LogP contribution in [0, 0.1) is 0 Å². The summed E-state index contributed by atoms with van der Waals surface area (Å²) in [6.07, 6.45) is 1.75. The Morgan fingerprint density at radius 1 is 1.20 bits per heavy atom. The largest absolute Gasteiger partial charge is 0.477 e. The summed E-state index contributed by atoms with van der Waals surface area (Å²) in [6, 6.07) is 11.7. The van der Waals surface area contributed by atoms with Gasteiger partial charge in [-0.3, -0.25) is 4.79 Å². The number of hydrogen-bond acceptors (Lipinski definition) is 4. The molecule has 2 aromatic heterocycles. The van der Waals surface area contributed by atoms with Crippen LogP contribution in [-0.2, 0) is 7.05 Å². The van der Waals surface area contributed by atoms with Crippen LogP contribution < -0.4 is 5.32 Å². The minimum absolute atomic E-state index is 0.0501. The molecule has 1 amide bonds. The highest BCUT2D eigenvalue weighted by Gasteiger charge is 2.28. The van der Waals surface area contributed by atoms with Crippen molar-refractivity contribution in [3.05, 3.63) is 65.7 Å². The fraction of sp³-hybridized carbons (Fsp3) is 0.167. The van der Waals surface area contributed by atoms with Crippen molar-refractivity contribution in [2.24, 2.45) is 7.05 Å². The Morgan fingerprint density at radius 3 is 2.52 bits per heavy atom. The van der Waals surface area contributed by atoms with Crippen molar-refractivity contribution in [1.29, 1.82) is 0 Å². The lowest BCUT2D eigenvalue weighted by atomic mass is 10.0. The number of carboxylic acids is 1. The van der Waals surface area contributed by atoms with Gasteiger partial charge in [0.2, 0.25) is 0 Å². The van der Waals surface area contributed by atoms with Crippen LogP contribution in [0.15, 0.2) is 53.2 Å². The molecule has 0 aliphatic carbocycles. The molecule has 0 saturated heterocycles. The number of amides is 1. The van der Waals surface area contributed by atoms with E-state index in [4.69, 9.17) is 4.52 Å². The third kappa shape index (κ3) is 3.16. The Hall–Kier alpha value is -3.35. The topological polar surface area (TPSA) is 97.4 Å². The lowest BCUT2D eigenvalue weighted by Crippen LogP contribution is -2.28. The zero-order chi connectivity index (χ0) is 18.0. The average Bonchev–Trinajstić information content (AvgIpc) is 3.21. The fourth-order valence-electron chi connectivity index (χ4n) is 2.63. The number of carbonyl (C=O) groups excluding carboxylic acids is 1. The summed E-state index contributed by atoms with van der Waals surface area (Å²) >= 11 is 0. The Balaban J connectivity index is 1.92. The van der Waals surface area contributed by atoms with Crippen molar-refractivity contribution in [3.8, 4) is 11.3 Å². The minimum atomic E-state index is -1.16. The van der Waals surface area contributed by atoms with Gasteiger partial charge in [-0.05, 0) is 19.1 Å². The molecule has 0 saturated carbocycles. The van der Waals surface area contributed by atoms with Crippen LogP contribution in [0.1, 0.15) is 39.6 Å². The number of carboxylic acid groups (broad SMARTS) is 1. The van der Waals surface area contributed by atoms with Crippen molar-refractivity contribution in [1.82, 2.24) is 15.0 Å². The number of hydrogen-bond donors (Lipinski definition) is 2. The molecule has 0 bridgehead atoms. The summed E-state index contributed by atoms with van der Waals surface area (Å²) in [7, 11) is 1.75. The van der Waals surface area contributed by atoms with Crippen LogP contribution in [0.3, 0.4) is 0 Å². The van der Waals surface area contributed by atoms with Crippen LogP contribution in [0.4, 0.5) is 0 Å². The van der Waals surface area contributed by atoms with Gasteiger partial charge in [-0.1, -0.05) is 35.5 Å². The maximum Gasteiger partial charge on any atom is 0.341 e. The highest BCUT2D eigenvalue weighted by Crippen LogP contribution is 2.29. The predicted octanol–water partition coefficient (Wildman–Crippen LogP) is 2.87. The number of aryl methyl sites for hydroxylation is 1. The van der Waals surface area contributed by atoms with Gasteiger partial charge in [-0.15, -0.1) is 0 Å². The lowest BCUT2D eigenvalue weighted by Gasteiger charge is -2.12. The second-order valence-corrected chi connectivity index (χ2v) is 5.64. The number of nitrogens with zero attached hydrogens (tertiary/aromatic N) is 2. The van der Waals surface area contributed by atoms with Crippen LogP contribution in [0.25, 0.3) is 11.3 Å². The van der Waals surface area contributed by atoms with Gasteiger partial charge in [-0.2, -0.15) is 0 Å². The van der Waals surface area contributed by atoms with E-state index < -0.39 is 12.0 Å². The molecule has 3 rings (SSSR count). The van der Waals surface area contributed by atoms with E-state index in [0.717, 1.165) is 0 Å². The zero-order valence-electron chi connectivity index (χ0n) is 13.8. The molecule has 0 unspecified atom stereocenters. The molecule has 0 aliphatic heterocycles. The molecular formula is C18H17N3O4. The standard InChI is InChI=1S/C18H17N3O4/c1-11(19-17(22)13-9-6-10-21(13)2)16-14(18(23)24)15(20-25-16)12-7-4-3-5-8-12/h3-11H,1-2H3,(H,19,22)(H,23,24)/t11-/m1/s1. The number of nitrogens with one attached hydrogen (secondary N) is 1. The van der Waals surface area contributed by atoms with E-state index in [2.05, 4.69) is 10.5 Å². The van der Waals surface area contributed by atoms with Crippen LogP contribution in [-0.4, -0.2) is 26.7 Å². The third-order valence-electron chi connectivity index (χ3n) is 3.90. The summed E-state index contributed by atoms with van der Waals surface area (Å²) in [5, 5.41) is 16.2. The fourth-order valence-corrected chi connectivity index (χ4v) is 2.63. The quantitative estimate of drug-likeness (QED) is 0.745. The summed E-state index contributed by atoms with van der Waals surface area (Å²) in [4.78, 5) is 24.1. The molecule has 0 radical (unpaired) electrons. The third-order valence-corrected chi connectivity index (χ3v) is 3.90. The molecule has 7 heteroatoms. The maximum absolute atomic E-state index is 12.3. The summed E-state index contributed by atoms with van der Waals surface area (Å²) in [5.74, 6) is -1.38. The normalized spacial score (nSPS) is 11.9. The first-order valence-electron chi connectivity index (χ1n) is 7.69. The monoisotopic (exact) mass is 339 g/mol. The van der Waals surface area contributed by atoms with Crippen LogP contribution in [0.2, 0.25) is 0 Å². The van der Waals surface area contributed by atoms with E-state index in [1.807, 2.05) is 6.07 Å². The van der Waals surface area contributed by atoms with Gasteiger partial charge in [-0.25, -0.2) is 4.79 Å². The first-order valence-corrected chi connectivity index (χ1v) is 7.69. The molecule has 7 nitrogen and oxygen atoms in total. The molecule has 0 spiro atoms. The molecule has 0 aliphatic rings. The van der Waals surface area contributed by atoms with Gasteiger partial charge < -0.3 is 19.5 Å². The van der Waals surface area contributed by atoms with Crippen LogP contribution >= 0.6 is 0 Å². The Kier molecular flexibility index (Phi) is 4.38. The van der Waals surface area contributed by atoms with Gasteiger partial charge in [0.15, 0.2) is 5.76 Å². The molecular weight excluding hydrogens is 322 g/mol. The van der Waals surface area contributed by atoms with E-state index in [1.165, 1.54) is 0 Å². The number of aromatic nitrogens is 2. The summed E-state index contributed by atoms with van der Waals surface area (Å²) < 4.78 is 6.95. The maximum atomic E-state index is 12.3. The van der Waals surface area contributed by atoms with E-state index in [1.54, 1.807) is 61.1 Å². The summed E-state index contributed by atoms with van der Waals surface area (Å²) in [6.45, 7) is 1.66. The highest BCUT2D eigenvalue weighted by molar-refractivity contribution is 5.97. The van der Waals surface area contributed by atoms with E-state index in [9.17, 15) is 14.7 Å². The molecule has 1 atom stereocenters. The second kappa shape index (κ2) is 6.64. The SMILES string of the molecule is C[C@@H](NC(=O)c1cccn1C)c1onc(-c2ccccc2)c1C(=O)O. The Morgan fingerprint density at radius 2 is 1.92 bits per heavy atom. The van der Waals surface area contributed by atoms with Crippen molar-refractivity contribution < 1.29 is 19.2 Å². The molecule has 25 heavy (non-hydrogen) atoms. The molecule has 3 aromatic rings. The number of rotatable bonds is 5. The number of aromatic carboxylic acids is 1. The van der Waals surface area contributed by atoms with Gasteiger partial charge in [0.1, 0.15) is 17.0 Å². The number of carbonyl (C=O) groups is 2. The van der Waals surface area contributed by atoms with E-state index in [0.29, 0.717) is 11.3 Å². The minimum Gasteiger partial charge on any atom is -0.477 e. The van der Waals surface area contributed by atoms with Crippen molar-refractivity contribution in [2.45, 2.75) is 13.0 Å². The van der Waals surface area contributed by atoms with E-state index >= 15 is 0 Å².